The van der Waals surface area contributed by atoms with Gasteiger partial charge in [-0.15, -0.1) is 0 Å². The molecule has 2 N–H and O–H groups in total. The van der Waals surface area contributed by atoms with E-state index in [2.05, 4.69) is 38.3 Å². The Bertz CT molecular complexity index is 584. The molecule has 0 bridgehead atoms. The van der Waals surface area contributed by atoms with Crippen molar-refractivity contribution in [2.24, 2.45) is 5.73 Å². The molecule has 1 aromatic carbocycles. The summed E-state index contributed by atoms with van der Waals surface area (Å²) in [6.07, 6.45) is 0. The molecule has 2 aromatic rings. The van der Waals surface area contributed by atoms with Gasteiger partial charge in [-0.05, 0) is 26.0 Å². The molecule has 0 saturated heterocycles. The maximum atomic E-state index is 5.91. The Kier molecular flexibility index (Phi) is 3.54. The molecule has 0 aliphatic rings. The van der Waals surface area contributed by atoms with Crippen LogP contribution in [0.4, 0.5) is 0 Å². The minimum absolute atomic E-state index is 0.142. The number of imidazole rings is 1. The van der Waals surface area contributed by atoms with Crippen LogP contribution in [0.2, 0.25) is 0 Å². The van der Waals surface area contributed by atoms with Crippen LogP contribution in [-0.2, 0) is 5.41 Å². The topological polar surface area (TPSA) is 53.1 Å². The summed E-state index contributed by atoms with van der Waals surface area (Å²) in [7, 11) is 1.67. The van der Waals surface area contributed by atoms with Gasteiger partial charge >= 0.3 is 0 Å². The van der Waals surface area contributed by atoms with Crippen molar-refractivity contribution in [3.05, 3.63) is 24.0 Å². The maximum Gasteiger partial charge on any atom is 0.121 e. The van der Waals surface area contributed by atoms with Crippen LogP contribution in [0, 0.1) is 0 Å². The lowest BCUT2D eigenvalue weighted by atomic mass is 9.92. The van der Waals surface area contributed by atoms with Gasteiger partial charge in [0.15, 0.2) is 0 Å². The van der Waals surface area contributed by atoms with E-state index in [0.29, 0.717) is 12.6 Å². The third-order valence-electron chi connectivity index (χ3n) is 3.53. The molecule has 1 heterocycles. The van der Waals surface area contributed by atoms with E-state index in [1.165, 1.54) is 0 Å². The fourth-order valence-corrected chi connectivity index (χ4v) is 2.30. The summed E-state index contributed by atoms with van der Waals surface area (Å²) in [5.74, 6) is 1.87. The van der Waals surface area contributed by atoms with Gasteiger partial charge in [0.1, 0.15) is 11.6 Å². The SMILES string of the molecule is COc1ccc2c(c1)nc(C(C)(C)CN)n2C(C)C. The standard InChI is InChI=1S/C15H23N3O/c1-10(2)18-13-7-6-11(19-5)8-12(13)17-14(18)15(3,4)9-16/h6-8,10H,9,16H2,1-5H3. The monoisotopic (exact) mass is 261 g/mol. The van der Waals surface area contributed by atoms with E-state index in [1.54, 1.807) is 7.11 Å². The van der Waals surface area contributed by atoms with E-state index in [4.69, 9.17) is 15.5 Å². The largest absolute Gasteiger partial charge is 0.497 e. The zero-order chi connectivity index (χ0) is 14.2. The summed E-state index contributed by atoms with van der Waals surface area (Å²) in [6, 6.07) is 6.36. The van der Waals surface area contributed by atoms with Gasteiger partial charge in [-0.1, -0.05) is 13.8 Å². The fourth-order valence-electron chi connectivity index (χ4n) is 2.30. The van der Waals surface area contributed by atoms with Gasteiger partial charge in [0.25, 0.3) is 0 Å². The molecule has 0 fully saturated rings. The second kappa shape index (κ2) is 4.85. The molecule has 2 rings (SSSR count). The Hall–Kier alpha value is -1.55. The third kappa shape index (κ3) is 2.32. The Balaban J connectivity index is 2.73. The number of nitrogens with zero attached hydrogens (tertiary/aromatic N) is 2. The van der Waals surface area contributed by atoms with E-state index in [9.17, 15) is 0 Å². The molecule has 19 heavy (non-hydrogen) atoms. The van der Waals surface area contributed by atoms with Crippen LogP contribution in [0.5, 0.6) is 5.75 Å². The highest BCUT2D eigenvalue weighted by Gasteiger charge is 2.27. The number of methoxy groups -OCH3 is 1. The normalized spacial score (nSPS) is 12.4. The summed E-state index contributed by atoms with van der Waals surface area (Å²) in [4.78, 5) is 4.79. The smallest absolute Gasteiger partial charge is 0.121 e. The molecule has 0 atom stereocenters. The first kappa shape index (κ1) is 13.9. The van der Waals surface area contributed by atoms with E-state index in [0.717, 1.165) is 22.6 Å². The van der Waals surface area contributed by atoms with Crippen LogP contribution in [0.25, 0.3) is 11.0 Å². The molecule has 104 valence electrons. The van der Waals surface area contributed by atoms with Crippen LogP contribution >= 0.6 is 0 Å². The van der Waals surface area contributed by atoms with Gasteiger partial charge < -0.3 is 15.0 Å². The fraction of sp³-hybridized carbons (Fsp3) is 0.533. The quantitative estimate of drug-likeness (QED) is 0.920. The van der Waals surface area contributed by atoms with Crippen molar-refractivity contribution in [2.75, 3.05) is 13.7 Å². The molecule has 0 saturated carbocycles. The zero-order valence-electron chi connectivity index (χ0n) is 12.4. The molecular weight excluding hydrogens is 238 g/mol. The minimum atomic E-state index is -0.142. The van der Waals surface area contributed by atoms with Gasteiger partial charge in [-0.25, -0.2) is 4.98 Å². The summed E-state index contributed by atoms with van der Waals surface area (Å²) in [5.41, 5.74) is 7.86. The van der Waals surface area contributed by atoms with E-state index in [-0.39, 0.29) is 5.41 Å². The van der Waals surface area contributed by atoms with Crippen molar-refractivity contribution in [2.45, 2.75) is 39.2 Å². The molecule has 0 amide bonds. The van der Waals surface area contributed by atoms with Crippen molar-refractivity contribution >= 4 is 11.0 Å². The van der Waals surface area contributed by atoms with Crippen LogP contribution < -0.4 is 10.5 Å². The third-order valence-corrected chi connectivity index (χ3v) is 3.53. The summed E-state index contributed by atoms with van der Waals surface area (Å²) < 4.78 is 7.54. The molecule has 0 radical (unpaired) electrons. The zero-order valence-corrected chi connectivity index (χ0v) is 12.4. The lowest BCUT2D eigenvalue weighted by molar-refractivity contribution is 0.415. The number of benzene rings is 1. The van der Waals surface area contributed by atoms with Gasteiger partial charge in [-0.2, -0.15) is 0 Å². The average molecular weight is 261 g/mol. The Morgan fingerprint density at radius 3 is 2.58 bits per heavy atom. The number of nitrogens with two attached hydrogens (primary N) is 1. The van der Waals surface area contributed by atoms with E-state index < -0.39 is 0 Å². The number of ether oxygens (including phenoxy) is 1. The number of aromatic nitrogens is 2. The Morgan fingerprint density at radius 1 is 1.37 bits per heavy atom. The molecule has 0 aliphatic heterocycles. The molecule has 0 aliphatic carbocycles. The Labute approximate surface area is 114 Å². The highest BCUT2D eigenvalue weighted by atomic mass is 16.5. The molecule has 0 spiro atoms. The second-order valence-corrected chi connectivity index (χ2v) is 5.84. The van der Waals surface area contributed by atoms with Crippen LogP contribution in [0.15, 0.2) is 18.2 Å². The summed E-state index contributed by atoms with van der Waals surface area (Å²) in [6.45, 7) is 9.16. The second-order valence-electron chi connectivity index (χ2n) is 5.84. The highest BCUT2D eigenvalue weighted by molar-refractivity contribution is 5.78. The number of hydrogen-bond acceptors (Lipinski definition) is 3. The first-order valence-corrected chi connectivity index (χ1v) is 6.67. The van der Waals surface area contributed by atoms with Crippen molar-refractivity contribution < 1.29 is 4.74 Å². The molecule has 1 aromatic heterocycles. The van der Waals surface area contributed by atoms with Gasteiger partial charge in [-0.3, -0.25) is 0 Å². The number of rotatable bonds is 4. The van der Waals surface area contributed by atoms with E-state index >= 15 is 0 Å². The predicted octanol–water partition coefficient (Wildman–Crippen LogP) is 2.86. The summed E-state index contributed by atoms with van der Waals surface area (Å²) in [5, 5.41) is 0. The van der Waals surface area contributed by atoms with Gasteiger partial charge in [0.05, 0.1) is 18.1 Å². The van der Waals surface area contributed by atoms with E-state index in [1.807, 2.05) is 12.1 Å². The van der Waals surface area contributed by atoms with Crippen LogP contribution in [0.1, 0.15) is 39.6 Å². The highest BCUT2D eigenvalue weighted by Crippen LogP contribution is 2.30. The van der Waals surface area contributed by atoms with Crippen molar-refractivity contribution in [1.82, 2.24) is 9.55 Å². The average Bonchev–Trinajstić information content (AvgIpc) is 2.77. The minimum Gasteiger partial charge on any atom is -0.497 e. The lowest BCUT2D eigenvalue weighted by Crippen LogP contribution is -2.32. The van der Waals surface area contributed by atoms with Crippen LogP contribution in [-0.4, -0.2) is 23.2 Å². The van der Waals surface area contributed by atoms with Gasteiger partial charge in [0, 0.05) is 24.1 Å². The molecule has 4 heteroatoms. The number of hydrogen-bond donors (Lipinski definition) is 1. The predicted molar refractivity (Wildman–Crippen MR) is 78.8 cm³/mol. The molecular formula is C15H23N3O. The summed E-state index contributed by atoms with van der Waals surface area (Å²) >= 11 is 0. The lowest BCUT2D eigenvalue weighted by Gasteiger charge is -2.25. The van der Waals surface area contributed by atoms with Crippen molar-refractivity contribution in [3.8, 4) is 5.75 Å². The first-order chi connectivity index (χ1) is 8.90. The maximum absolute atomic E-state index is 5.91. The van der Waals surface area contributed by atoms with Gasteiger partial charge in [0.2, 0.25) is 0 Å². The van der Waals surface area contributed by atoms with Crippen molar-refractivity contribution in [1.29, 1.82) is 0 Å². The van der Waals surface area contributed by atoms with Crippen molar-refractivity contribution in [3.63, 3.8) is 0 Å². The first-order valence-electron chi connectivity index (χ1n) is 6.67. The molecule has 4 nitrogen and oxygen atoms in total. The Morgan fingerprint density at radius 2 is 2.05 bits per heavy atom. The molecule has 0 unspecified atom stereocenters. The van der Waals surface area contributed by atoms with Crippen LogP contribution in [0.3, 0.4) is 0 Å². The number of fused-ring (bicyclic) bond motifs is 1.